The summed E-state index contributed by atoms with van der Waals surface area (Å²) in [5.41, 5.74) is -1.03. The third-order valence-electron chi connectivity index (χ3n) is 11.5. The van der Waals surface area contributed by atoms with Crippen LogP contribution in [0.4, 0.5) is 5.69 Å². The van der Waals surface area contributed by atoms with Crippen LogP contribution in [-0.2, 0) is 30.4 Å². The molecule has 0 unspecified atom stereocenters. The number of anilines is 1. The molecule has 1 amide bonds. The van der Waals surface area contributed by atoms with Crippen LogP contribution in [0.15, 0.2) is 35.0 Å². The Morgan fingerprint density at radius 2 is 1.91 bits per heavy atom. The Bertz CT molecular complexity index is 1460. The lowest BCUT2D eigenvalue weighted by molar-refractivity contribution is -0.268. The lowest BCUT2D eigenvalue weighted by Crippen LogP contribution is -2.62. The molecule has 258 valence electrons. The Morgan fingerprint density at radius 3 is 2.60 bits per heavy atom. The zero-order valence-corrected chi connectivity index (χ0v) is 26.8. The minimum Gasteiger partial charge on any atom is -0.871 e. The number of hydrogen-bond acceptors (Lipinski definition) is 13. The summed E-state index contributed by atoms with van der Waals surface area (Å²) in [7, 11) is 1.16. The second-order valence-electron chi connectivity index (χ2n) is 13.9. The van der Waals surface area contributed by atoms with E-state index in [0.29, 0.717) is 30.5 Å². The van der Waals surface area contributed by atoms with Crippen molar-refractivity contribution in [1.29, 1.82) is 0 Å². The highest BCUT2D eigenvalue weighted by atomic mass is 16.8. The van der Waals surface area contributed by atoms with Gasteiger partial charge in [0.25, 0.3) is 5.91 Å². The Hall–Kier alpha value is -3.56. The Balaban J connectivity index is 1.23. The van der Waals surface area contributed by atoms with Crippen LogP contribution in [0.5, 0.6) is 5.75 Å². The average Bonchev–Trinajstić information content (AvgIpc) is 3.30. The first kappa shape index (κ1) is 34.8. The van der Waals surface area contributed by atoms with Crippen LogP contribution in [-0.4, -0.2) is 87.2 Å². The molecule has 5 rings (SSSR count). The maximum atomic E-state index is 12.7. The zero-order valence-electron chi connectivity index (χ0n) is 26.8. The first-order chi connectivity index (χ1) is 22.2. The lowest BCUT2D eigenvalue weighted by atomic mass is 9.45. The smallest absolute Gasteiger partial charge is 0.328 e. The summed E-state index contributed by atoms with van der Waals surface area (Å²) < 4.78 is 4.79. The molecule has 1 aromatic carbocycles. The molecule has 3 fully saturated rings. The number of methoxy groups -OCH3 is 1. The number of aliphatic hydroxyl groups is 3. The maximum absolute atomic E-state index is 12.7. The highest BCUT2D eigenvalue weighted by Crippen LogP contribution is 2.67. The summed E-state index contributed by atoms with van der Waals surface area (Å²) in [5.74, 6) is -2.51. The van der Waals surface area contributed by atoms with Gasteiger partial charge in [0.15, 0.2) is 12.4 Å². The first-order valence-electron chi connectivity index (χ1n) is 16.0. The lowest BCUT2D eigenvalue weighted by Gasteiger charge is -2.60. The van der Waals surface area contributed by atoms with Crippen LogP contribution in [0.2, 0.25) is 0 Å². The summed E-state index contributed by atoms with van der Waals surface area (Å²) >= 11 is 0. The van der Waals surface area contributed by atoms with Gasteiger partial charge in [-0.05, 0) is 85.8 Å². The van der Waals surface area contributed by atoms with E-state index in [1.54, 1.807) is 0 Å². The van der Waals surface area contributed by atoms with Crippen LogP contribution >= 0.6 is 0 Å². The Labute approximate surface area is 272 Å². The quantitative estimate of drug-likeness (QED) is 0.154. The molecule has 0 saturated heterocycles. The van der Waals surface area contributed by atoms with Crippen LogP contribution < -0.4 is 15.6 Å². The highest BCUT2D eigenvalue weighted by molar-refractivity contribution is 5.96. The number of ketones is 1. The SMILES string of the molecule is COC(=O)[C@H](Cc1ccc([O-])c(N(O)O)c1)NC(=O)CON=C1C=C2CC[C@@H]3[C@H]([C@H](O)C[C@]4(C)[C@@H]3CC[C@]4(O)C(=O)CO)[C@@]2(C)CC1. The van der Waals surface area contributed by atoms with Crippen LogP contribution in [0.25, 0.3) is 0 Å². The van der Waals surface area contributed by atoms with E-state index in [2.05, 4.69) is 17.4 Å². The number of Topliss-reactive ketones (excluding diaryl/α,β-unsaturated/α-hetero) is 1. The Morgan fingerprint density at radius 1 is 1.17 bits per heavy atom. The summed E-state index contributed by atoms with van der Waals surface area (Å²) in [4.78, 5) is 43.1. The third kappa shape index (κ3) is 6.13. The number of hydrogen-bond donors (Lipinski definition) is 6. The van der Waals surface area contributed by atoms with Crippen molar-refractivity contribution in [3.8, 4) is 5.75 Å². The molecule has 14 nitrogen and oxygen atoms in total. The summed E-state index contributed by atoms with van der Waals surface area (Å²) in [6.07, 6.45) is 5.15. The fourth-order valence-corrected chi connectivity index (χ4v) is 9.19. The van der Waals surface area contributed by atoms with Crippen molar-refractivity contribution in [3.63, 3.8) is 0 Å². The van der Waals surface area contributed by atoms with Crippen molar-refractivity contribution in [3.05, 3.63) is 35.4 Å². The topological polar surface area (TPSA) is 222 Å². The number of nitrogens with zero attached hydrogens (tertiary/aromatic N) is 2. The highest BCUT2D eigenvalue weighted by Gasteiger charge is 2.68. The van der Waals surface area contributed by atoms with E-state index in [9.17, 15) is 45.2 Å². The third-order valence-corrected chi connectivity index (χ3v) is 11.5. The van der Waals surface area contributed by atoms with Crippen molar-refractivity contribution in [2.75, 3.05) is 25.6 Å². The number of rotatable bonds is 10. The van der Waals surface area contributed by atoms with Crippen molar-refractivity contribution < 1.29 is 54.8 Å². The van der Waals surface area contributed by atoms with E-state index in [1.165, 1.54) is 12.1 Å². The van der Waals surface area contributed by atoms with E-state index in [4.69, 9.17) is 9.57 Å². The zero-order chi connectivity index (χ0) is 34.3. The van der Waals surface area contributed by atoms with Gasteiger partial charge in [-0.15, -0.1) is 5.23 Å². The summed E-state index contributed by atoms with van der Waals surface area (Å²) in [5, 5.41) is 69.3. The second-order valence-corrected chi connectivity index (χ2v) is 13.9. The molecular formula is C33H44N3O11-. The molecule has 8 atom stereocenters. The van der Waals surface area contributed by atoms with Gasteiger partial charge in [-0.25, -0.2) is 4.79 Å². The number of nitrogens with one attached hydrogen (secondary N) is 1. The minimum absolute atomic E-state index is 0.0488. The van der Waals surface area contributed by atoms with E-state index < -0.39 is 65.5 Å². The summed E-state index contributed by atoms with van der Waals surface area (Å²) in [6.45, 7) is 2.84. The van der Waals surface area contributed by atoms with Gasteiger partial charge in [0, 0.05) is 11.8 Å². The van der Waals surface area contributed by atoms with Gasteiger partial charge in [0.2, 0.25) is 0 Å². The molecule has 14 heteroatoms. The number of esters is 1. The number of aliphatic hydroxyl groups excluding tert-OH is 2. The molecule has 4 aliphatic rings. The molecule has 0 heterocycles. The van der Waals surface area contributed by atoms with Crippen LogP contribution in [0.3, 0.4) is 0 Å². The molecule has 1 aromatic rings. The normalized spacial score (nSPS) is 34.3. The van der Waals surface area contributed by atoms with Crippen molar-refractivity contribution in [1.82, 2.24) is 5.32 Å². The molecule has 47 heavy (non-hydrogen) atoms. The van der Waals surface area contributed by atoms with Gasteiger partial charge < -0.3 is 35.3 Å². The molecule has 0 spiro atoms. The fraction of sp³-hybridized carbons (Fsp3) is 0.636. The number of amides is 1. The van der Waals surface area contributed by atoms with Gasteiger partial charge in [0.05, 0.1) is 24.6 Å². The molecule has 6 N–H and O–H groups in total. The standard InChI is InChI=1S/C33H45N3O11/c1-31-10-8-20(35-47-17-28(41)34-23(30(42)46-3)12-18-4-7-25(38)24(13-18)36(44)45)14-19(31)5-6-21-22-9-11-33(43,27(40)16-37)32(22,2)15-26(39)29(21)31/h4,7,13-14,21-23,26,29,37-39,43-45H,5-6,8-12,15-17H2,1-3H3,(H,34,41)/p-1/t21-,22+,23-,26+,29+,31-,32+,33-/m0/s1. The van der Waals surface area contributed by atoms with Crippen molar-refractivity contribution in [2.24, 2.45) is 33.7 Å². The van der Waals surface area contributed by atoms with Gasteiger partial charge in [0.1, 0.15) is 18.2 Å². The maximum Gasteiger partial charge on any atom is 0.328 e. The minimum atomic E-state index is -1.64. The number of fused-ring (bicyclic) bond motifs is 5. The molecular weight excluding hydrogens is 614 g/mol. The molecule has 0 aliphatic heterocycles. The first-order valence-corrected chi connectivity index (χ1v) is 16.0. The fourth-order valence-electron chi connectivity index (χ4n) is 9.19. The van der Waals surface area contributed by atoms with E-state index >= 15 is 0 Å². The number of carbonyl (C=O) groups excluding carboxylic acids is 3. The van der Waals surface area contributed by atoms with Crippen molar-refractivity contribution >= 4 is 29.1 Å². The average molecular weight is 659 g/mol. The molecule has 0 radical (unpaired) electrons. The number of carbonyl (C=O) groups is 3. The second kappa shape index (κ2) is 13.2. The predicted molar refractivity (Wildman–Crippen MR) is 163 cm³/mol. The van der Waals surface area contributed by atoms with Gasteiger partial charge in [-0.3, -0.25) is 20.0 Å². The Kier molecular flexibility index (Phi) is 9.73. The number of benzene rings is 1. The van der Waals surface area contributed by atoms with E-state index in [0.717, 1.165) is 31.6 Å². The number of ether oxygens (including phenoxy) is 1. The van der Waals surface area contributed by atoms with E-state index in [1.807, 2.05) is 13.0 Å². The number of allylic oxidation sites excluding steroid dienone is 2. The molecule has 4 aliphatic carbocycles. The molecule has 0 bridgehead atoms. The van der Waals surface area contributed by atoms with Gasteiger partial charge >= 0.3 is 5.97 Å². The van der Waals surface area contributed by atoms with Crippen molar-refractivity contribution in [2.45, 2.75) is 83.0 Å². The van der Waals surface area contributed by atoms with Crippen LogP contribution in [0.1, 0.15) is 64.4 Å². The van der Waals surface area contributed by atoms with Gasteiger partial charge in [-0.2, -0.15) is 0 Å². The monoisotopic (exact) mass is 658 g/mol. The van der Waals surface area contributed by atoms with Gasteiger partial charge in [-0.1, -0.05) is 42.5 Å². The largest absolute Gasteiger partial charge is 0.871 e. The predicted octanol–water partition coefficient (Wildman–Crippen LogP) is 1.14. The number of oxime groups is 1. The molecule has 0 aromatic heterocycles. The molecule has 3 saturated carbocycles. The van der Waals surface area contributed by atoms with E-state index in [-0.39, 0.29) is 47.7 Å². The summed E-state index contributed by atoms with van der Waals surface area (Å²) in [6, 6.07) is 2.54. The van der Waals surface area contributed by atoms with Crippen LogP contribution in [0, 0.1) is 28.6 Å².